The normalized spacial score (nSPS) is 11.1. The predicted octanol–water partition coefficient (Wildman–Crippen LogP) is 1.99. The highest BCUT2D eigenvalue weighted by Crippen LogP contribution is 2.15. The van der Waals surface area contributed by atoms with Crippen molar-refractivity contribution in [1.29, 1.82) is 0 Å². The van der Waals surface area contributed by atoms with Crippen LogP contribution in [0.5, 0.6) is 5.75 Å². The van der Waals surface area contributed by atoms with E-state index in [1.807, 2.05) is 12.3 Å². The molecule has 0 unspecified atom stereocenters. The van der Waals surface area contributed by atoms with Gasteiger partial charge in [-0.1, -0.05) is 0 Å². The molecule has 0 radical (unpaired) electrons. The number of carbonyl (C=O) groups excluding carboxylic acids is 1. The van der Waals surface area contributed by atoms with Crippen molar-refractivity contribution < 1.29 is 26.7 Å². The van der Waals surface area contributed by atoms with Crippen molar-refractivity contribution in [2.45, 2.75) is 11.8 Å². The van der Waals surface area contributed by atoms with Gasteiger partial charge in [-0.05, 0) is 43.3 Å². The van der Waals surface area contributed by atoms with E-state index in [1.165, 1.54) is 12.1 Å². The molecule has 0 aromatic heterocycles. The molecule has 2 N–H and O–H groups in total. The molecule has 0 saturated carbocycles. The molecular weight excluding hydrogens is 342 g/mol. The largest absolute Gasteiger partial charge is 0.494 e. The minimum absolute atomic E-state index is 0.167. The Balaban J connectivity index is 2.07. The fourth-order valence-electron chi connectivity index (χ4n) is 1.80. The summed E-state index contributed by atoms with van der Waals surface area (Å²) in [5.41, 5.74) is 2.12. The van der Waals surface area contributed by atoms with Crippen LogP contribution in [0, 0.1) is 11.6 Å². The Morgan fingerprint density at radius 1 is 1.12 bits per heavy atom. The van der Waals surface area contributed by atoms with Gasteiger partial charge in [0.2, 0.25) is 0 Å². The Labute approximate surface area is 137 Å². The molecule has 2 rings (SSSR count). The fraction of sp³-hybridized carbons (Fsp3) is 0.133. The number of rotatable bonds is 6. The van der Waals surface area contributed by atoms with Crippen LogP contribution in [0.3, 0.4) is 0 Å². The number of hydrogen-bond acceptors (Lipinski definition) is 4. The zero-order chi connectivity index (χ0) is 17.7. The minimum atomic E-state index is -4.38. The summed E-state index contributed by atoms with van der Waals surface area (Å²) in [6, 6.07) is 7.96. The molecule has 2 aromatic carbocycles. The second-order valence-electron chi connectivity index (χ2n) is 4.59. The van der Waals surface area contributed by atoms with Gasteiger partial charge in [0, 0.05) is 11.6 Å². The Morgan fingerprint density at radius 3 is 2.38 bits per heavy atom. The van der Waals surface area contributed by atoms with Gasteiger partial charge in [-0.25, -0.2) is 17.2 Å². The second-order valence-corrected chi connectivity index (χ2v) is 6.24. The first kappa shape index (κ1) is 17.8. The maximum absolute atomic E-state index is 13.5. The van der Waals surface area contributed by atoms with E-state index in [9.17, 15) is 22.0 Å². The summed E-state index contributed by atoms with van der Waals surface area (Å²) >= 11 is 0. The van der Waals surface area contributed by atoms with Crippen LogP contribution in [-0.2, 0) is 10.0 Å². The lowest BCUT2D eigenvalue weighted by molar-refractivity contribution is 0.0945. The Kier molecular flexibility index (Phi) is 5.47. The van der Waals surface area contributed by atoms with Crippen LogP contribution in [0.4, 0.5) is 8.78 Å². The topological polar surface area (TPSA) is 84.5 Å². The quantitative estimate of drug-likeness (QED) is 0.775. The molecule has 6 nitrogen and oxygen atoms in total. The van der Waals surface area contributed by atoms with Crippen molar-refractivity contribution in [3.05, 3.63) is 59.7 Å². The van der Waals surface area contributed by atoms with Gasteiger partial charge in [-0.2, -0.15) is 0 Å². The smallest absolute Gasteiger partial charge is 0.266 e. The first-order chi connectivity index (χ1) is 11.3. The highest BCUT2D eigenvalue weighted by atomic mass is 32.2. The number of nitrogens with one attached hydrogen (secondary N) is 2. The molecule has 0 heterocycles. The van der Waals surface area contributed by atoms with Crippen LogP contribution in [-0.4, -0.2) is 20.9 Å². The van der Waals surface area contributed by atoms with Crippen molar-refractivity contribution in [1.82, 2.24) is 10.3 Å². The number of sulfonamides is 1. The van der Waals surface area contributed by atoms with E-state index in [0.29, 0.717) is 18.4 Å². The van der Waals surface area contributed by atoms with Gasteiger partial charge in [-0.3, -0.25) is 10.2 Å². The minimum Gasteiger partial charge on any atom is -0.494 e. The number of halogens is 2. The van der Waals surface area contributed by atoms with E-state index in [2.05, 4.69) is 0 Å². The predicted molar refractivity (Wildman–Crippen MR) is 81.8 cm³/mol. The average Bonchev–Trinajstić information content (AvgIpc) is 2.53. The molecule has 9 heteroatoms. The molecule has 0 atom stereocenters. The summed E-state index contributed by atoms with van der Waals surface area (Å²) < 4.78 is 55.4. The van der Waals surface area contributed by atoms with E-state index in [0.717, 1.165) is 12.1 Å². The number of amides is 1. The van der Waals surface area contributed by atoms with E-state index in [-0.39, 0.29) is 5.56 Å². The Hall–Kier alpha value is -2.52. The van der Waals surface area contributed by atoms with Crippen LogP contribution < -0.4 is 15.0 Å². The monoisotopic (exact) mass is 356 g/mol. The molecule has 0 bridgehead atoms. The third kappa shape index (κ3) is 4.27. The van der Waals surface area contributed by atoms with Crippen LogP contribution in [0.1, 0.15) is 17.3 Å². The second kappa shape index (κ2) is 7.37. The molecule has 0 saturated heterocycles. The van der Waals surface area contributed by atoms with E-state index in [4.69, 9.17) is 4.74 Å². The van der Waals surface area contributed by atoms with Crippen molar-refractivity contribution in [3.63, 3.8) is 0 Å². The summed E-state index contributed by atoms with van der Waals surface area (Å²) in [6.07, 6.45) is 0. The molecule has 0 aliphatic heterocycles. The van der Waals surface area contributed by atoms with E-state index < -0.39 is 32.5 Å². The third-order valence-corrected chi connectivity index (χ3v) is 4.19. The zero-order valence-corrected chi connectivity index (χ0v) is 13.4. The highest BCUT2D eigenvalue weighted by Gasteiger charge is 2.20. The first-order valence-electron chi connectivity index (χ1n) is 6.83. The van der Waals surface area contributed by atoms with Crippen molar-refractivity contribution >= 4 is 15.9 Å². The SMILES string of the molecule is CCOc1ccc(C(=O)NNS(=O)(=O)c2ccc(F)cc2F)cc1. The summed E-state index contributed by atoms with van der Waals surface area (Å²) in [4.78, 5) is 12.9. The van der Waals surface area contributed by atoms with E-state index in [1.54, 1.807) is 17.0 Å². The van der Waals surface area contributed by atoms with Gasteiger partial charge in [0.1, 0.15) is 22.3 Å². The van der Waals surface area contributed by atoms with Crippen molar-refractivity contribution in [2.75, 3.05) is 6.61 Å². The zero-order valence-electron chi connectivity index (χ0n) is 12.5. The summed E-state index contributed by atoms with van der Waals surface area (Å²) in [5, 5.41) is 0. The lowest BCUT2D eigenvalue weighted by atomic mass is 10.2. The number of hydrazine groups is 1. The summed E-state index contributed by atoms with van der Waals surface area (Å²) in [6.45, 7) is 2.28. The standard InChI is InChI=1S/C15H14F2N2O4S/c1-2-23-12-6-3-10(4-7-12)15(20)18-19-24(21,22)14-8-5-11(16)9-13(14)17/h3-9,19H,2H2,1H3,(H,18,20). The van der Waals surface area contributed by atoms with Crippen LogP contribution >= 0.6 is 0 Å². The van der Waals surface area contributed by atoms with Gasteiger partial charge < -0.3 is 4.74 Å². The summed E-state index contributed by atoms with van der Waals surface area (Å²) in [7, 11) is -4.38. The lowest BCUT2D eigenvalue weighted by Gasteiger charge is -2.09. The molecule has 24 heavy (non-hydrogen) atoms. The Morgan fingerprint density at radius 2 is 1.79 bits per heavy atom. The van der Waals surface area contributed by atoms with E-state index >= 15 is 0 Å². The van der Waals surface area contributed by atoms with Crippen LogP contribution in [0.15, 0.2) is 47.4 Å². The number of hydrogen-bond donors (Lipinski definition) is 2. The lowest BCUT2D eigenvalue weighted by Crippen LogP contribution is -2.41. The first-order valence-corrected chi connectivity index (χ1v) is 8.32. The van der Waals surface area contributed by atoms with Crippen LogP contribution in [0.2, 0.25) is 0 Å². The van der Waals surface area contributed by atoms with Gasteiger partial charge in [0.05, 0.1) is 6.61 Å². The van der Waals surface area contributed by atoms with Crippen LogP contribution in [0.25, 0.3) is 0 Å². The molecule has 0 fully saturated rings. The molecular formula is C15H14F2N2O4S. The Bertz CT molecular complexity index is 839. The molecule has 0 aliphatic rings. The van der Waals surface area contributed by atoms with Crippen molar-refractivity contribution in [3.8, 4) is 5.75 Å². The molecule has 0 aliphatic carbocycles. The molecule has 0 spiro atoms. The molecule has 1 amide bonds. The maximum Gasteiger partial charge on any atom is 0.266 e. The van der Waals surface area contributed by atoms with Gasteiger partial charge in [0.25, 0.3) is 15.9 Å². The molecule has 128 valence electrons. The number of benzene rings is 2. The number of ether oxygens (including phenoxy) is 1. The highest BCUT2D eigenvalue weighted by molar-refractivity contribution is 7.89. The maximum atomic E-state index is 13.5. The summed E-state index contributed by atoms with van der Waals surface area (Å²) in [5.74, 6) is -2.37. The van der Waals surface area contributed by atoms with Gasteiger partial charge in [-0.15, -0.1) is 4.83 Å². The third-order valence-electron chi connectivity index (χ3n) is 2.91. The van der Waals surface area contributed by atoms with Gasteiger partial charge >= 0.3 is 0 Å². The average molecular weight is 356 g/mol. The van der Waals surface area contributed by atoms with Gasteiger partial charge in [0.15, 0.2) is 0 Å². The van der Waals surface area contributed by atoms with Crippen molar-refractivity contribution in [2.24, 2.45) is 0 Å². The fourth-order valence-corrected chi connectivity index (χ4v) is 2.70. The molecule has 2 aromatic rings. The number of carbonyl (C=O) groups is 1.